The summed E-state index contributed by atoms with van der Waals surface area (Å²) in [5.41, 5.74) is 3.12. The number of benzene rings is 1. The fourth-order valence-corrected chi connectivity index (χ4v) is 3.87. The molecule has 2 N–H and O–H groups in total. The average molecular weight is 337 g/mol. The van der Waals surface area contributed by atoms with Gasteiger partial charge in [0.05, 0.1) is 6.61 Å². The SMILES string of the molecule is CCCOC(=O)C1c2[nH]c3ccc(O)cc3c2C2CCN1C2.Cl. The molecule has 0 saturated carbocycles. The number of aromatic nitrogens is 1. The number of phenolic OH excluding ortho intramolecular Hbond substituents is 1. The lowest BCUT2D eigenvalue weighted by molar-refractivity contribution is -0.150. The molecule has 1 saturated heterocycles. The maximum absolute atomic E-state index is 12.5. The average Bonchev–Trinajstić information content (AvgIpc) is 3.07. The monoisotopic (exact) mass is 336 g/mol. The van der Waals surface area contributed by atoms with Gasteiger partial charge in [0.15, 0.2) is 0 Å². The van der Waals surface area contributed by atoms with E-state index in [1.54, 1.807) is 12.1 Å². The Balaban J connectivity index is 0.00000156. The zero-order valence-electron chi connectivity index (χ0n) is 13.0. The number of aromatic hydroxyl groups is 1. The third-order valence-electron chi connectivity index (χ3n) is 4.79. The number of carbonyl (C=O) groups excluding carboxylic acids is 1. The number of aromatic amines is 1. The van der Waals surface area contributed by atoms with Gasteiger partial charge in [-0.3, -0.25) is 4.90 Å². The van der Waals surface area contributed by atoms with Crippen LogP contribution in [0.4, 0.5) is 0 Å². The van der Waals surface area contributed by atoms with E-state index in [0.717, 1.165) is 42.5 Å². The summed E-state index contributed by atoms with van der Waals surface area (Å²) >= 11 is 0. The molecule has 0 aliphatic carbocycles. The summed E-state index contributed by atoms with van der Waals surface area (Å²) in [6.45, 7) is 4.26. The summed E-state index contributed by atoms with van der Waals surface area (Å²) in [5, 5.41) is 10.8. The van der Waals surface area contributed by atoms with Gasteiger partial charge in [0, 0.05) is 29.1 Å². The molecule has 2 aliphatic rings. The van der Waals surface area contributed by atoms with Gasteiger partial charge in [-0.25, -0.2) is 4.79 Å². The Labute approximate surface area is 141 Å². The van der Waals surface area contributed by atoms with Crippen molar-refractivity contribution in [2.45, 2.75) is 31.7 Å². The van der Waals surface area contributed by atoms with Crippen LogP contribution in [-0.4, -0.2) is 40.7 Å². The number of hydrogen-bond acceptors (Lipinski definition) is 4. The molecule has 2 aliphatic heterocycles. The molecule has 0 amide bonds. The maximum atomic E-state index is 12.5. The molecule has 2 aromatic rings. The maximum Gasteiger partial charge on any atom is 0.329 e. The molecule has 0 radical (unpaired) electrons. The van der Waals surface area contributed by atoms with Gasteiger partial charge in [-0.15, -0.1) is 12.4 Å². The van der Waals surface area contributed by atoms with Gasteiger partial charge in [-0.2, -0.15) is 0 Å². The van der Waals surface area contributed by atoms with Crippen molar-refractivity contribution in [1.82, 2.24) is 9.88 Å². The van der Waals surface area contributed by atoms with E-state index in [1.165, 1.54) is 5.56 Å². The predicted molar refractivity (Wildman–Crippen MR) is 90.1 cm³/mol. The molecule has 1 aromatic carbocycles. The summed E-state index contributed by atoms with van der Waals surface area (Å²) in [4.78, 5) is 18.1. The number of halogens is 1. The predicted octanol–water partition coefficient (Wildman–Crippen LogP) is 3.09. The van der Waals surface area contributed by atoms with Crippen LogP contribution in [0.15, 0.2) is 18.2 Å². The van der Waals surface area contributed by atoms with E-state index in [-0.39, 0.29) is 30.2 Å². The molecule has 0 spiro atoms. The molecule has 6 heteroatoms. The van der Waals surface area contributed by atoms with Crippen molar-refractivity contribution in [1.29, 1.82) is 0 Å². The lowest BCUT2D eigenvalue weighted by atomic mass is 9.90. The number of hydrogen-bond donors (Lipinski definition) is 2. The Morgan fingerprint density at radius 2 is 2.30 bits per heavy atom. The van der Waals surface area contributed by atoms with Crippen molar-refractivity contribution in [3.8, 4) is 5.75 Å². The topological polar surface area (TPSA) is 65.6 Å². The van der Waals surface area contributed by atoms with Gasteiger partial charge in [0.2, 0.25) is 0 Å². The van der Waals surface area contributed by atoms with Gasteiger partial charge >= 0.3 is 5.97 Å². The van der Waals surface area contributed by atoms with Crippen molar-refractivity contribution in [3.05, 3.63) is 29.5 Å². The molecular formula is C17H21ClN2O3. The highest BCUT2D eigenvalue weighted by molar-refractivity contribution is 5.90. The Hall–Kier alpha value is -1.72. The Morgan fingerprint density at radius 1 is 1.48 bits per heavy atom. The number of esters is 1. The van der Waals surface area contributed by atoms with Crippen LogP contribution < -0.4 is 0 Å². The number of carbonyl (C=O) groups is 1. The Bertz CT molecular complexity index is 743. The first-order valence-electron chi connectivity index (χ1n) is 7.94. The van der Waals surface area contributed by atoms with Crippen LogP contribution in [0.2, 0.25) is 0 Å². The van der Waals surface area contributed by atoms with Crippen LogP contribution in [0.1, 0.15) is 43.0 Å². The molecule has 3 heterocycles. The second-order valence-corrected chi connectivity index (χ2v) is 6.23. The molecular weight excluding hydrogens is 316 g/mol. The fraction of sp³-hybridized carbons (Fsp3) is 0.471. The number of nitrogens with zero attached hydrogens (tertiary/aromatic N) is 1. The lowest BCUT2D eigenvalue weighted by Crippen LogP contribution is -2.37. The van der Waals surface area contributed by atoms with Crippen LogP contribution in [0.3, 0.4) is 0 Å². The highest BCUT2D eigenvalue weighted by atomic mass is 35.5. The van der Waals surface area contributed by atoms with E-state index in [2.05, 4.69) is 9.88 Å². The number of H-pyrrole nitrogens is 1. The molecule has 4 rings (SSSR count). The summed E-state index contributed by atoms with van der Waals surface area (Å²) < 4.78 is 5.41. The number of phenols is 1. The van der Waals surface area contributed by atoms with Crippen LogP contribution in [0.25, 0.3) is 10.9 Å². The van der Waals surface area contributed by atoms with Gasteiger partial charge < -0.3 is 14.8 Å². The molecule has 3 unspecified atom stereocenters. The van der Waals surface area contributed by atoms with Gasteiger partial charge in [0.1, 0.15) is 11.8 Å². The molecule has 2 bridgehead atoms. The van der Waals surface area contributed by atoms with Gasteiger partial charge in [0.25, 0.3) is 0 Å². The Kier molecular flexibility index (Phi) is 4.25. The van der Waals surface area contributed by atoms with Crippen molar-refractivity contribution < 1.29 is 14.6 Å². The highest BCUT2D eigenvalue weighted by Gasteiger charge is 2.44. The zero-order chi connectivity index (χ0) is 15.3. The standard InChI is InChI=1S/C17H20N2O3.ClH/c1-2-7-22-17(21)16-15-14(10-5-6-19(16)9-10)12-8-11(20)3-4-13(12)18-15;/h3-4,8,10,16,18,20H,2,5-7,9H2,1H3;1H. The quantitative estimate of drug-likeness (QED) is 0.845. The first-order chi connectivity index (χ1) is 10.7. The summed E-state index contributed by atoms with van der Waals surface area (Å²) in [6, 6.07) is 5.01. The van der Waals surface area contributed by atoms with Gasteiger partial charge in [-0.05, 0) is 43.1 Å². The summed E-state index contributed by atoms with van der Waals surface area (Å²) in [5.74, 6) is 0.528. The molecule has 5 nitrogen and oxygen atoms in total. The number of fused-ring (bicyclic) bond motifs is 6. The van der Waals surface area contributed by atoms with Crippen molar-refractivity contribution in [3.63, 3.8) is 0 Å². The van der Waals surface area contributed by atoms with Crippen molar-refractivity contribution in [2.75, 3.05) is 19.7 Å². The van der Waals surface area contributed by atoms with E-state index in [9.17, 15) is 9.90 Å². The summed E-state index contributed by atoms with van der Waals surface area (Å²) in [7, 11) is 0. The van der Waals surface area contributed by atoms with Gasteiger partial charge in [-0.1, -0.05) is 6.92 Å². The molecule has 124 valence electrons. The molecule has 1 aromatic heterocycles. The third kappa shape index (κ3) is 2.48. The number of nitrogens with one attached hydrogen (secondary N) is 1. The number of ether oxygens (including phenoxy) is 1. The van der Waals surface area contributed by atoms with Crippen LogP contribution >= 0.6 is 12.4 Å². The van der Waals surface area contributed by atoms with Crippen molar-refractivity contribution in [2.24, 2.45) is 0 Å². The fourth-order valence-electron chi connectivity index (χ4n) is 3.87. The van der Waals surface area contributed by atoms with E-state index >= 15 is 0 Å². The number of rotatable bonds is 3. The van der Waals surface area contributed by atoms with E-state index in [0.29, 0.717) is 12.5 Å². The first kappa shape index (κ1) is 16.1. The van der Waals surface area contributed by atoms with Crippen LogP contribution in [0.5, 0.6) is 5.75 Å². The van der Waals surface area contributed by atoms with Crippen molar-refractivity contribution >= 4 is 29.3 Å². The first-order valence-corrected chi connectivity index (χ1v) is 7.94. The molecule has 23 heavy (non-hydrogen) atoms. The zero-order valence-corrected chi connectivity index (χ0v) is 13.9. The van der Waals surface area contributed by atoms with Crippen LogP contribution in [-0.2, 0) is 9.53 Å². The van der Waals surface area contributed by atoms with Crippen LogP contribution in [0, 0.1) is 0 Å². The molecule has 1 fully saturated rings. The smallest absolute Gasteiger partial charge is 0.329 e. The highest BCUT2D eigenvalue weighted by Crippen LogP contribution is 2.46. The minimum absolute atomic E-state index is 0. The minimum Gasteiger partial charge on any atom is -0.508 e. The van der Waals surface area contributed by atoms with E-state index in [1.807, 2.05) is 13.0 Å². The lowest BCUT2D eigenvalue weighted by Gasteiger charge is -2.30. The second kappa shape index (κ2) is 6.06. The summed E-state index contributed by atoms with van der Waals surface area (Å²) in [6.07, 6.45) is 1.88. The molecule has 3 atom stereocenters. The third-order valence-corrected chi connectivity index (χ3v) is 4.79. The Morgan fingerprint density at radius 3 is 3.09 bits per heavy atom. The van der Waals surface area contributed by atoms with E-state index < -0.39 is 0 Å². The van der Waals surface area contributed by atoms with E-state index in [4.69, 9.17) is 4.74 Å². The largest absolute Gasteiger partial charge is 0.508 e. The second-order valence-electron chi connectivity index (χ2n) is 6.23. The normalized spacial score (nSPS) is 25.0. The minimum atomic E-state index is -0.338.